The molecular weight excluding hydrogens is 244 g/mol. The van der Waals surface area contributed by atoms with Gasteiger partial charge in [-0.3, -0.25) is 9.59 Å². The predicted octanol–water partition coefficient (Wildman–Crippen LogP) is 2.63. The number of carbonyl (C=O) groups excluding carboxylic acids is 2. The van der Waals surface area contributed by atoms with E-state index in [1.54, 1.807) is 6.08 Å². The predicted molar refractivity (Wildman–Crippen MR) is 71.2 cm³/mol. The van der Waals surface area contributed by atoms with E-state index in [-0.39, 0.29) is 19.4 Å². The summed E-state index contributed by atoms with van der Waals surface area (Å²) in [6, 6.07) is 9.39. The molecule has 1 rings (SSSR count). The number of hydrogen-bond donors (Lipinski definition) is 0. The zero-order chi connectivity index (χ0) is 13.9. The van der Waals surface area contributed by atoms with E-state index >= 15 is 0 Å². The van der Waals surface area contributed by atoms with Crippen LogP contribution in [-0.4, -0.2) is 18.5 Å². The first-order chi connectivity index (χ1) is 9.22. The van der Waals surface area contributed by atoms with Gasteiger partial charge in [-0.05, 0) is 12.0 Å². The fourth-order valence-corrected chi connectivity index (χ4v) is 1.34. The molecular formula is C15H18O4. The molecule has 19 heavy (non-hydrogen) atoms. The van der Waals surface area contributed by atoms with Crippen LogP contribution in [0.15, 0.2) is 43.0 Å². The lowest BCUT2D eigenvalue weighted by atomic mass is 10.2. The zero-order valence-electron chi connectivity index (χ0n) is 10.8. The van der Waals surface area contributed by atoms with Gasteiger partial charge in [-0.2, -0.15) is 0 Å². The molecule has 0 saturated carbocycles. The molecule has 0 atom stereocenters. The summed E-state index contributed by atoms with van der Waals surface area (Å²) in [6.07, 6.45) is 2.37. The Morgan fingerprint density at radius 2 is 1.68 bits per heavy atom. The van der Waals surface area contributed by atoms with Gasteiger partial charge >= 0.3 is 11.9 Å². The summed E-state index contributed by atoms with van der Waals surface area (Å²) in [7, 11) is 0. The maximum Gasteiger partial charge on any atom is 0.306 e. The van der Waals surface area contributed by atoms with Crippen LogP contribution in [0.1, 0.15) is 24.8 Å². The molecule has 0 aliphatic carbocycles. The Morgan fingerprint density at radius 1 is 1.05 bits per heavy atom. The summed E-state index contributed by atoms with van der Waals surface area (Å²) in [6.45, 7) is 4.05. The van der Waals surface area contributed by atoms with Crippen molar-refractivity contribution in [2.75, 3.05) is 6.61 Å². The monoisotopic (exact) mass is 262 g/mol. The first-order valence-electron chi connectivity index (χ1n) is 6.18. The second-order valence-electron chi connectivity index (χ2n) is 3.94. The third-order valence-electron chi connectivity index (χ3n) is 2.36. The topological polar surface area (TPSA) is 52.6 Å². The van der Waals surface area contributed by atoms with Gasteiger partial charge in [-0.15, -0.1) is 6.58 Å². The van der Waals surface area contributed by atoms with Gasteiger partial charge in [0.25, 0.3) is 0 Å². The number of esters is 2. The van der Waals surface area contributed by atoms with Gasteiger partial charge in [-0.25, -0.2) is 0 Å². The molecule has 1 aromatic carbocycles. The van der Waals surface area contributed by atoms with Crippen LogP contribution in [0.3, 0.4) is 0 Å². The summed E-state index contributed by atoms with van der Waals surface area (Å²) in [5, 5.41) is 0. The van der Waals surface area contributed by atoms with Gasteiger partial charge in [0.05, 0.1) is 19.4 Å². The van der Waals surface area contributed by atoms with Crippen molar-refractivity contribution in [3.05, 3.63) is 48.6 Å². The average molecular weight is 262 g/mol. The Hall–Kier alpha value is -2.10. The highest BCUT2D eigenvalue weighted by Gasteiger charge is 2.08. The van der Waals surface area contributed by atoms with Crippen molar-refractivity contribution in [3.8, 4) is 0 Å². The maximum absolute atomic E-state index is 11.4. The van der Waals surface area contributed by atoms with Crippen LogP contribution in [0.5, 0.6) is 0 Å². The Bertz CT molecular complexity index is 411. The van der Waals surface area contributed by atoms with E-state index in [2.05, 4.69) is 6.58 Å². The largest absolute Gasteiger partial charge is 0.465 e. The number of rotatable bonds is 8. The number of hydrogen-bond acceptors (Lipinski definition) is 4. The van der Waals surface area contributed by atoms with Gasteiger partial charge in [0.15, 0.2) is 0 Å². The maximum atomic E-state index is 11.4. The van der Waals surface area contributed by atoms with E-state index in [9.17, 15) is 9.59 Å². The Morgan fingerprint density at radius 3 is 2.32 bits per heavy atom. The second kappa shape index (κ2) is 8.91. The Balaban J connectivity index is 2.14. The van der Waals surface area contributed by atoms with Gasteiger partial charge in [0.1, 0.15) is 6.61 Å². The molecule has 0 unspecified atom stereocenters. The Labute approximate surface area is 113 Å². The summed E-state index contributed by atoms with van der Waals surface area (Å²) >= 11 is 0. The minimum Gasteiger partial charge on any atom is -0.465 e. The second-order valence-corrected chi connectivity index (χ2v) is 3.94. The van der Waals surface area contributed by atoms with Crippen LogP contribution in [0, 0.1) is 0 Å². The molecule has 0 spiro atoms. The molecule has 1 aromatic rings. The molecule has 4 heteroatoms. The minimum absolute atomic E-state index is 0.0414. The van der Waals surface area contributed by atoms with Crippen molar-refractivity contribution in [2.45, 2.75) is 25.9 Å². The van der Waals surface area contributed by atoms with Gasteiger partial charge in [-0.1, -0.05) is 36.4 Å². The molecule has 0 heterocycles. The molecule has 4 nitrogen and oxygen atoms in total. The minimum atomic E-state index is -0.399. The average Bonchev–Trinajstić information content (AvgIpc) is 2.44. The number of carbonyl (C=O) groups is 2. The molecule has 0 aliphatic rings. The lowest BCUT2D eigenvalue weighted by Crippen LogP contribution is -2.10. The molecule has 0 radical (unpaired) electrons. The van der Waals surface area contributed by atoms with E-state index in [1.165, 1.54) is 0 Å². The van der Waals surface area contributed by atoms with E-state index < -0.39 is 11.9 Å². The van der Waals surface area contributed by atoms with Crippen LogP contribution in [0.2, 0.25) is 0 Å². The van der Waals surface area contributed by atoms with Crippen LogP contribution >= 0.6 is 0 Å². The normalized spacial score (nSPS) is 9.68. The van der Waals surface area contributed by atoms with Crippen molar-refractivity contribution >= 4 is 11.9 Å². The van der Waals surface area contributed by atoms with Crippen molar-refractivity contribution in [1.82, 2.24) is 0 Å². The molecule has 0 saturated heterocycles. The Kier molecular flexibility index (Phi) is 7.02. The van der Waals surface area contributed by atoms with E-state index in [4.69, 9.17) is 9.47 Å². The van der Waals surface area contributed by atoms with Crippen molar-refractivity contribution < 1.29 is 19.1 Å². The van der Waals surface area contributed by atoms with Gasteiger partial charge in [0, 0.05) is 0 Å². The molecule has 0 N–H and O–H groups in total. The third kappa shape index (κ3) is 7.03. The SMILES string of the molecule is C=CCCOC(=O)CCC(=O)OCc1ccccc1. The number of ether oxygens (including phenoxy) is 2. The highest BCUT2D eigenvalue weighted by Crippen LogP contribution is 2.03. The standard InChI is InChI=1S/C15H18O4/c1-2-3-11-18-14(16)9-10-15(17)19-12-13-7-5-4-6-8-13/h2,4-8H,1,3,9-12H2. The van der Waals surface area contributed by atoms with Crippen molar-refractivity contribution in [1.29, 1.82) is 0 Å². The van der Waals surface area contributed by atoms with E-state index in [1.807, 2.05) is 30.3 Å². The molecule has 0 aliphatic heterocycles. The van der Waals surface area contributed by atoms with E-state index in [0.717, 1.165) is 5.56 Å². The first-order valence-corrected chi connectivity index (χ1v) is 6.18. The summed E-state index contributed by atoms with van der Waals surface area (Å²) in [4.78, 5) is 22.6. The first kappa shape index (κ1) is 15.0. The molecule has 0 amide bonds. The van der Waals surface area contributed by atoms with Gasteiger partial charge < -0.3 is 9.47 Å². The summed E-state index contributed by atoms with van der Waals surface area (Å²) in [5.41, 5.74) is 0.921. The molecule has 0 bridgehead atoms. The molecule has 0 fully saturated rings. The van der Waals surface area contributed by atoms with Crippen molar-refractivity contribution in [2.24, 2.45) is 0 Å². The fourth-order valence-electron chi connectivity index (χ4n) is 1.34. The highest BCUT2D eigenvalue weighted by atomic mass is 16.5. The summed E-state index contributed by atoms with van der Waals surface area (Å²) in [5.74, 6) is -0.789. The molecule has 0 aromatic heterocycles. The van der Waals surface area contributed by atoms with Crippen LogP contribution in [-0.2, 0) is 25.7 Å². The number of benzene rings is 1. The molecule has 102 valence electrons. The van der Waals surface area contributed by atoms with E-state index in [0.29, 0.717) is 13.0 Å². The summed E-state index contributed by atoms with van der Waals surface area (Å²) < 4.78 is 9.92. The fraction of sp³-hybridized carbons (Fsp3) is 0.333. The van der Waals surface area contributed by atoms with Crippen LogP contribution < -0.4 is 0 Å². The van der Waals surface area contributed by atoms with Gasteiger partial charge in [0.2, 0.25) is 0 Å². The lowest BCUT2D eigenvalue weighted by Gasteiger charge is -2.05. The van der Waals surface area contributed by atoms with Crippen LogP contribution in [0.25, 0.3) is 0 Å². The lowest BCUT2D eigenvalue weighted by molar-refractivity contribution is -0.151. The third-order valence-corrected chi connectivity index (χ3v) is 2.36. The van der Waals surface area contributed by atoms with Crippen molar-refractivity contribution in [3.63, 3.8) is 0 Å². The zero-order valence-corrected chi connectivity index (χ0v) is 10.8. The quantitative estimate of drug-likeness (QED) is 0.410. The van der Waals surface area contributed by atoms with Crippen LogP contribution in [0.4, 0.5) is 0 Å². The smallest absolute Gasteiger partial charge is 0.306 e. The highest BCUT2D eigenvalue weighted by molar-refractivity contribution is 5.77.